The van der Waals surface area contributed by atoms with Gasteiger partial charge in [0.05, 0.1) is 15.6 Å². The highest BCUT2D eigenvalue weighted by Crippen LogP contribution is 2.19. The van der Waals surface area contributed by atoms with Gasteiger partial charge in [0.2, 0.25) is 0 Å². The molecule has 0 aliphatic carbocycles. The number of halogens is 2. The lowest BCUT2D eigenvalue weighted by Crippen LogP contribution is -2.38. The van der Waals surface area contributed by atoms with Crippen molar-refractivity contribution >= 4 is 34.7 Å². The second-order valence-corrected chi connectivity index (χ2v) is 5.13. The molecule has 0 spiro atoms. The van der Waals surface area contributed by atoms with Gasteiger partial charge in [-0.2, -0.15) is 0 Å². The minimum absolute atomic E-state index is 0.0375. The molecule has 0 fully saturated rings. The molecule has 0 aliphatic rings. The predicted octanol–water partition coefficient (Wildman–Crippen LogP) is 2.86. The molecule has 0 radical (unpaired) electrons. The van der Waals surface area contributed by atoms with Crippen LogP contribution in [0.15, 0.2) is 18.2 Å². The number of thiocarbonyl (C=S) groups is 1. The zero-order valence-corrected chi connectivity index (χ0v) is 12.4. The Hall–Kier alpha value is -1.20. The normalized spacial score (nSPS) is 12.0. The molecule has 0 saturated heterocycles. The minimum atomic E-state index is -0.699. The maximum absolute atomic E-state index is 13.8. The van der Waals surface area contributed by atoms with Gasteiger partial charge in [-0.15, -0.1) is 0 Å². The second kappa shape index (κ2) is 6.82. The fourth-order valence-electron chi connectivity index (χ4n) is 1.62. The molecule has 0 bridgehead atoms. The molecular weight excluding hydrogens is 287 g/mol. The summed E-state index contributed by atoms with van der Waals surface area (Å²) in [5, 5.41) is -0.0655. The van der Waals surface area contributed by atoms with Crippen LogP contribution in [0.5, 0.6) is 0 Å². The summed E-state index contributed by atoms with van der Waals surface area (Å²) in [5.41, 5.74) is 5.49. The number of amides is 1. The molecule has 1 aromatic rings. The van der Waals surface area contributed by atoms with Gasteiger partial charge in [0, 0.05) is 19.0 Å². The maximum Gasteiger partial charge on any atom is 0.256 e. The summed E-state index contributed by atoms with van der Waals surface area (Å²) in [5.74, 6) is -1.23. The van der Waals surface area contributed by atoms with Crippen molar-refractivity contribution in [1.29, 1.82) is 0 Å². The van der Waals surface area contributed by atoms with Crippen LogP contribution in [0, 0.1) is 11.7 Å². The molecule has 1 rings (SSSR count). The molecule has 104 valence electrons. The van der Waals surface area contributed by atoms with Gasteiger partial charge in [0.1, 0.15) is 0 Å². The van der Waals surface area contributed by atoms with Gasteiger partial charge >= 0.3 is 0 Å². The van der Waals surface area contributed by atoms with Crippen LogP contribution in [0.2, 0.25) is 5.02 Å². The molecule has 1 atom stereocenters. The first kappa shape index (κ1) is 15.9. The van der Waals surface area contributed by atoms with Crippen molar-refractivity contribution in [3.8, 4) is 0 Å². The van der Waals surface area contributed by atoms with Crippen LogP contribution in [0.4, 0.5) is 4.39 Å². The van der Waals surface area contributed by atoms with Gasteiger partial charge in [-0.05, 0) is 19.1 Å². The van der Waals surface area contributed by atoms with Crippen molar-refractivity contribution in [3.63, 3.8) is 0 Å². The van der Waals surface area contributed by atoms with Gasteiger partial charge in [-0.1, -0.05) is 36.8 Å². The van der Waals surface area contributed by atoms with Crippen LogP contribution in [0.25, 0.3) is 0 Å². The number of rotatable bonds is 5. The number of nitrogens with zero attached hydrogens (tertiary/aromatic N) is 1. The summed E-state index contributed by atoms with van der Waals surface area (Å²) >= 11 is 10.6. The SMILES string of the molecule is CCN(CC(C)C(N)=S)C(=O)c1cccc(Cl)c1F. The Balaban J connectivity index is 2.96. The third-order valence-corrected chi connectivity index (χ3v) is 3.53. The van der Waals surface area contributed by atoms with Gasteiger partial charge in [0.25, 0.3) is 5.91 Å². The number of hydrogen-bond donors (Lipinski definition) is 1. The van der Waals surface area contributed by atoms with Crippen LogP contribution in [-0.2, 0) is 0 Å². The van der Waals surface area contributed by atoms with E-state index in [4.69, 9.17) is 29.6 Å². The topological polar surface area (TPSA) is 46.3 Å². The standard InChI is InChI=1S/C13H16ClFN2OS/c1-3-17(7-8(2)12(16)19)13(18)9-5-4-6-10(14)11(9)15/h4-6,8H,3,7H2,1-2H3,(H2,16,19). The number of carbonyl (C=O) groups excluding carboxylic acids is 1. The average molecular weight is 303 g/mol. The lowest BCUT2D eigenvalue weighted by atomic mass is 10.1. The van der Waals surface area contributed by atoms with Crippen LogP contribution >= 0.6 is 23.8 Å². The summed E-state index contributed by atoms with van der Waals surface area (Å²) in [4.78, 5) is 14.1. The number of nitrogens with two attached hydrogens (primary N) is 1. The summed E-state index contributed by atoms with van der Waals surface area (Å²) in [6.07, 6.45) is 0. The lowest BCUT2D eigenvalue weighted by Gasteiger charge is -2.24. The molecule has 3 nitrogen and oxygen atoms in total. The zero-order chi connectivity index (χ0) is 14.6. The number of benzene rings is 1. The third-order valence-electron chi connectivity index (χ3n) is 2.83. The molecule has 0 aliphatic heterocycles. The Kier molecular flexibility index (Phi) is 5.69. The molecular formula is C13H16ClFN2OS. The van der Waals surface area contributed by atoms with Crippen LogP contribution < -0.4 is 5.73 Å². The van der Waals surface area contributed by atoms with E-state index in [9.17, 15) is 9.18 Å². The van der Waals surface area contributed by atoms with E-state index in [1.807, 2.05) is 13.8 Å². The smallest absolute Gasteiger partial charge is 0.256 e. The molecule has 0 heterocycles. The first-order valence-corrected chi connectivity index (χ1v) is 6.69. The highest BCUT2D eigenvalue weighted by Gasteiger charge is 2.21. The van der Waals surface area contributed by atoms with E-state index < -0.39 is 11.7 Å². The van der Waals surface area contributed by atoms with Crippen molar-refractivity contribution in [2.45, 2.75) is 13.8 Å². The Bertz CT molecular complexity index is 496. The van der Waals surface area contributed by atoms with Gasteiger partial charge < -0.3 is 10.6 Å². The van der Waals surface area contributed by atoms with Crippen LogP contribution in [0.3, 0.4) is 0 Å². The first-order chi connectivity index (χ1) is 8.88. The van der Waals surface area contributed by atoms with E-state index in [0.29, 0.717) is 18.1 Å². The Labute approximate surface area is 122 Å². The molecule has 19 heavy (non-hydrogen) atoms. The van der Waals surface area contributed by atoms with Gasteiger partial charge in [-0.3, -0.25) is 4.79 Å². The van der Waals surface area contributed by atoms with E-state index in [2.05, 4.69) is 0 Å². The quantitative estimate of drug-likeness (QED) is 0.851. The first-order valence-electron chi connectivity index (χ1n) is 5.91. The molecule has 1 amide bonds. The summed E-state index contributed by atoms with van der Waals surface area (Å²) in [6.45, 7) is 4.44. The maximum atomic E-state index is 13.8. The van der Waals surface area contributed by atoms with E-state index in [1.165, 1.54) is 17.0 Å². The molecule has 6 heteroatoms. The van der Waals surface area contributed by atoms with Crippen molar-refractivity contribution in [2.75, 3.05) is 13.1 Å². The van der Waals surface area contributed by atoms with Crippen LogP contribution in [-0.4, -0.2) is 28.9 Å². The highest BCUT2D eigenvalue weighted by atomic mass is 35.5. The minimum Gasteiger partial charge on any atom is -0.393 e. The fraction of sp³-hybridized carbons (Fsp3) is 0.385. The van der Waals surface area contributed by atoms with Crippen molar-refractivity contribution < 1.29 is 9.18 Å². The Morgan fingerprint density at radius 3 is 2.74 bits per heavy atom. The Morgan fingerprint density at radius 2 is 2.21 bits per heavy atom. The Morgan fingerprint density at radius 1 is 1.58 bits per heavy atom. The summed E-state index contributed by atoms with van der Waals surface area (Å²) in [6, 6.07) is 4.36. The highest BCUT2D eigenvalue weighted by molar-refractivity contribution is 7.80. The summed E-state index contributed by atoms with van der Waals surface area (Å²) < 4.78 is 13.8. The van der Waals surface area contributed by atoms with E-state index in [0.717, 1.165) is 0 Å². The molecule has 0 aromatic heterocycles. The molecule has 1 unspecified atom stereocenters. The molecule has 0 saturated carbocycles. The van der Waals surface area contributed by atoms with E-state index in [1.54, 1.807) is 6.07 Å². The summed E-state index contributed by atoms with van der Waals surface area (Å²) in [7, 11) is 0. The third kappa shape index (κ3) is 3.88. The number of hydrogen-bond acceptors (Lipinski definition) is 2. The van der Waals surface area contributed by atoms with Crippen molar-refractivity contribution in [3.05, 3.63) is 34.6 Å². The average Bonchev–Trinajstić information content (AvgIpc) is 2.38. The largest absolute Gasteiger partial charge is 0.393 e. The number of carbonyl (C=O) groups is 1. The van der Waals surface area contributed by atoms with Crippen LogP contribution in [0.1, 0.15) is 24.2 Å². The fourth-order valence-corrected chi connectivity index (χ4v) is 1.86. The lowest BCUT2D eigenvalue weighted by molar-refractivity contribution is 0.0750. The zero-order valence-electron chi connectivity index (χ0n) is 10.8. The van der Waals surface area contributed by atoms with Gasteiger partial charge in [0.15, 0.2) is 5.82 Å². The molecule has 1 aromatic carbocycles. The van der Waals surface area contributed by atoms with Gasteiger partial charge in [-0.25, -0.2) is 4.39 Å². The van der Waals surface area contributed by atoms with E-state index in [-0.39, 0.29) is 16.5 Å². The van der Waals surface area contributed by atoms with Crippen molar-refractivity contribution in [2.24, 2.45) is 11.7 Å². The second-order valence-electron chi connectivity index (χ2n) is 4.25. The van der Waals surface area contributed by atoms with Crippen molar-refractivity contribution in [1.82, 2.24) is 4.90 Å². The monoisotopic (exact) mass is 302 g/mol. The van der Waals surface area contributed by atoms with E-state index >= 15 is 0 Å². The molecule has 2 N–H and O–H groups in total. The predicted molar refractivity (Wildman–Crippen MR) is 78.9 cm³/mol.